The molecular formula is C2H5F3NP. The lowest BCUT2D eigenvalue weighted by atomic mass is 11.5. The Morgan fingerprint density at radius 3 is 1.57 bits per heavy atom. The Morgan fingerprint density at radius 1 is 1.43 bits per heavy atom. The van der Waals surface area contributed by atoms with Crippen LogP contribution in [0.3, 0.4) is 0 Å². The van der Waals surface area contributed by atoms with Gasteiger partial charge in [-0.2, -0.15) is 13.2 Å². The highest BCUT2D eigenvalue weighted by atomic mass is 31.1. The molecule has 1 nitrogen and oxygen atoms in total. The topological polar surface area (TPSA) is 26.0 Å². The van der Waals surface area contributed by atoms with Crippen molar-refractivity contribution in [2.45, 2.75) is 5.92 Å². The summed E-state index contributed by atoms with van der Waals surface area (Å²) in [7, 11) is -2.24. The maximum Gasteiger partial charge on any atom is 0.418 e. The first-order valence-corrected chi connectivity index (χ1v) is 3.35. The highest BCUT2D eigenvalue weighted by Crippen LogP contribution is 2.42. The molecule has 0 saturated heterocycles. The van der Waals surface area contributed by atoms with Crippen LogP contribution in [0.2, 0.25) is 0 Å². The fourth-order valence-corrected chi connectivity index (χ4v) is 0. The second-order valence-electron chi connectivity index (χ2n) is 1.08. The molecule has 0 spiro atoms. The molecule has 0 rings (SSSR count). The summed E-state index contributed by atoms with van der Waals surface area (Å²) < 4.78 is 33.2. The Labute approximate surface area is 40.5 Å². The number of nitrogens with two attached hydrogens (primary N) is 1. The maximum atomic E-state index is 11.1. The third-order valence-electron chi connectivity index (χ3n) is 0.400. The Bertz CT molecular complexity index is 58.4. The minimum atomic E-state index is -4.16. The zero-order valence-electron chi connectivity index (χ0n) is 3.66. The average Bonchev–Trinajstić information content (AvgIpc) is 1.31. The van der Waals surface area contributed by atoms with Gasteiger partial charge in [-0.05, 0) is 6.66 Å². The van der Waals surface area contributed by atoms with Crippen molar-refractivity contribution in [1.82, 2.24) is 0 Å². The van der Waals surface area contributed by atoms with Gasteiger partial charge < -0.3 is 5.50 Å². The molecule has 2 N–H and O–H groups in total. The van der Waals surface area contributed by atoms with E-state index < -0.39 is 14.0 Å². The zero-order valence-corrected chi connectivity index (χ0v) is 4.55. The van der Waals surface area contributed by atoms with Crippen LogP contribution in [0.25, 0.3) is 0 Å². The molecule has 0 amide bonds. The van der Waals surface area contributed by atoms with Crippen LogP contribution in [0.1, 0.15) is 0 Å². The van der Waals surface area contributed by atoms with Crippen molar-refractivity contribution in [1.29, 1.82) is 0 Å². The first-order valence-electron chi connectivity index (χ1n) is 1.50. The molecule has 1 atom stereocenters. The third-order valence-corrected chi connectivity index (χ3v) is 1.20. The Kier molecular flexibility index (Phi) is 2.02. The van der Waals surface area contributed by atoms with E-state index in [1.165, 1.54) is 0 Å². The molecule has 0 radical (unpaired) electrons. The molecule has 0 aliphatic carbocycles. The Hall–Kier alpha value is 0.180. The van der Waals surface area contributed by atoms with Crippen LogP contribution in [0.15, 0.2) is 0 Å². The summed E-state index contributed by atoms with van der Waals surface area (Å²) >= 11 is 0. The fraction of sp³-hybridized carbons (Fsp3) is 1.00. The van der Waals surface area contributed by atoms with Gasteiger partial charge in [-0.3, -0.25) is 0 Å². The van der Waals surface area contributed by atoms with Gasteiger partial charge in [-0.25, -0.2) is 0 Å². The van der Waals surface area contributed by atoms with Gasteiger partial charge in [0.05, 0.1) is 8.07 Å². The Morgan fingerprint density at radius 2 is 1.57 bits per heavy atom. The van der Waals surface area contributed by atoms with Crippen LogP contribution >= 0.6 is 8.07 Å². The molecule has 0 aromatic rings. The van der Waals surface area contributed by atoms with E-state index in [9.17, 15) is 13.2 Å². The summed E-state index contributed by atoms with van der Waals surface area (Å²) in [6, 6.07) is 0. The van der Waals surface area contributed by atoms with Gasteiger partial charge in [0.15, 0.2) is 0 Å². The van der Waals surface area contributed by atoms with Crippen molar-refractivity contribution in [3.8, 4) is 0 Å². The minimum Gasteiger partial charge on any atom is -0.303 e. The normalized spacial score (nSPS) is 16.7. The second-order valence-corrected chi connectivity index (χ2v) is 2.81. The molecule has 0 heterocycles. The molecule has 0 aliphatic heterocycles. The average molecular weight is 131 g/mol. The molecule has 5 heteroatoms. The van der Waals surface area contributed by atoms with Gasteiger partial charge in [0.1, 0.15) is 0 Å². The fourth-order valence-electron chi connectivity index (χ4n) is 0. The van der Waals surface area contributed by atoms with Gasteiger partial charge in [0.2, 0.25) is 0 Å². The number of hydrogen-bond donors (Lipinski definition) is 1. The first kappa shape index (κ1) is 7.18. The molecule has 1 unspecified atom stereocenters. The van der Waals surface area contributed by atoms with Crippen LogP contribution in [-0.4, -0.2) is 12.6 Å². The lowest BCUT2D eigenvalue weighted by molar-refractivity contribution is -0.0398. The van der Waals surface area contributed by atoms with Crippen molar-refractivity contribution in [2.75, 3.05) is 6.66 Å². The molecular weight excluding hydrogens is 126 g/mol. The van der Waals surface area contributed by atoms with Crippen LogP contribution in [0.4, 0.5) is 13.2 Å². The molecule has 0 aromatic carbocycles. The van der Waals surface area contributed by atoms with Crippen LogP contribution in [0.5, 0.6) is 0 Å². The van der Waals surface area contributed by atoms with Crippen molar-refractivity contribution in [2.24, 2.45) is 5.50 Å². The van der Waals surface area contributed by atoms with Crippen molar-refractivity contribution < 1.29 is 13.2 Å². The summed E-state index contributed by atoms with van der Waals surface area (Å²) in [6.07, 6.45) is 0. The number of hydrogen-bond acceptors (Lipinski definition) is 1. The molecule has 44 valence electrons. The Balaban J connectivity index is 3.54. The maximum absolute atomic E-state index is 11.1. The standard InChI is InChI=1S/C2H5F3NP/c1-7(6)2(3,4)5/h6H2,1H3. The molecule has 0 fully saturated rings. The van der Waals surface area contributed by atoms with Crippen LogP contribution in [0, 0.1) is 0 Å². The summed E-state index contributed by atoms with van der Waals surface area (Å²) in [5.41, 5.74) is 4.51. The molecule has 0 aliphatic rings. The highest BCUT2D eigenvalue weighted by molar-refractivity contribution is 7.55. The summed E-state index contributed by atoms with van der Waals surface area (Å²) in [6.45, 7) is 0.968. The van der Waals surface area contributed by atoms with E-state index in [-0.39, 0.29) is 0 Å². The predicted octanol–water partition coefficient (Wildman–Crippen LogP) is 1.49. The summed E-state index contributed by atoms with van der Waals surface area (Å²) in [4.78, 5) is 0. The van der Waals surface area contributed by atoms with E-state index in [0.717, 1.165) is 6.66 Å². The minimum absolute atomic E-state index is 0.968. The molecule has 0 bridgehead atoms. The first-order chi connectivity index (χ1) is 2.94. The predicted molar refractivity (Wildman–Crippen MR) is 23.1 cm³/mol. The number of alkyl halides is 3. The van der Waals surface area contributed by atoms with Crippen LogP contribution < -0.4 is 5.50 Å². The van der Waals surface area contributed by atoms with Gasteiger partial charge in [-0.1, -0.05) is 0 Å². The number of halogens is 3. The van der Waals surface area contributed by atoms with Crippen LogP contribution in [-0.2, 0) is 0 Å². The van der Waals surface area contributed by atoms with Gasteiger partial charge in [0.25, 0.3) is 0 Å². The smallest absolute Gasteiger partial charge is 0.303 e. The largest absolute Gasteiger partial charge is 0.418 e. The van der Waals surface area contributed by atoms with Gasteiger partial charge in [0, 0.05) is 0 Å². The van der Waals surface area contributed by atoms with Crippen molar-refractivity contribution >= 4 is 8.07 Å². The zero-order chi connectivity index (χ0) is 6.08. The molecule has 0 aromatic heterocycles. The van der Waals surface area contributed by atoms with Crippen molar-refractivity contribution in [3.63, 3.8) is 0 Å². The second kappa shape index (κ2) is 1.97. The monoisotopic (exact) mass is 131 g/mol. The van der Waals surface area contributed by atoms with Crippen molar-refractivity contribution in [3.05, 3.63) is 0 Å². The van der Waals surface area contributed by atoms with E-state index in [1.54, 1.807) is 0 Å². The lowest BCUT2D eigenvalue weighted by Crippen LogP contribution is -2.08. The molecule has 7 heavy (non-hydrogen) atoms. The van der Waals surface area contributed by atoms with Gasteiger partial charge in [-0.15, -0.1) is 0 Å². The van der Waals surface area contributed by atoms with Gasteiger partial charge >= 0.3 is 5.92 Å². The summed E-state index contributed by atoms with van der Waals surface area (Å²) in [5.74, 6) is -4.16. The lowest BCUT2D eigenvalue weighted by Gasteiger charge is -2.07. The highest BCUT2D eigenvalue weighted by Gasteiger charge is 2.32. The third kappa shape index (κ3) is 2.83. The summed E-state index contributed by atoms with van der Waals surface area (Å²) in [5, 5.41) is 0. The van der Waals surface area contributed by atoms with E-state index >= 15 is 0 Å². The number of rotatable bonds is 0. The quantitative estimate of drug-likeness (QED) is 0.495. The van der Waals surface area contributed by atoms with E-state index in [0.29, 0.717) is 0 Å². The van der Waals surface area contributed by atoms with E-state index in [4.69, 9.17) is 0 Å². The molecule has 0 saturated carbocycles. The SMILES string of the molecule is CP(N)C(F)(F)F. The van der Waals surface area contributed by atoms with E-state index in [2.05, 4.69) is 5.50 Å². The van der Waals surface area contributed by atoms with E-state index in [1.807, 2.05) is 0 Å².